The Balaban J connectivity index is 2.98. The Hall–Kier alpha value is 0.530. The summed E-state index contributed by atoms with van der Waals surface area (Å²) in [5.74, 6) is 2.12. The summed E-state index contributed by atoms with van der Waals surface area (Å²) in [6.45, 7) is 5.77. The van der Waals surface area contributed by atoms with E-state index in [-0.39, 0.29) is 0 Å². The number of thioether (sulfide) groups is 1. The van der Waals surface area contributed by atoms with Gasteiger partial charge >= 0.3 is 0 Å². The van der Waals surface area contributed by atoms with Crippen molar-refractivity contribution >= 4 is 27.7 Å². The lowest BCUT2D eigenvalue weighted by atomic mass is 10.3. The molecule has 0 radical (unpaired) electrons. The Bertz CT molecular complexity index is 104. The van der Waals surface area contributed by atoms with Crippen LogP contribution in [-0.4, -0.2) is 17.5 Å². The second-order valence-corrected chi connectivity index (χ2v) is 4.56. The van der Waals surface area contributed by atoms with Gasteiger partial charge in [-0.15, -0.1) is 0 Å². The average molecular weight is 224 g/mol. The average Bonchev–Trinajstić information content (AvgIpc) is 1.79. The standard InChI is InChI=1S/C7H14BrNS/c1-6(8)5-10-4-3-7(2)9/h7H,1,3-5,9H2,2H3. The Morgan fingerprint density at radius 1 is 1.80 bits per heavy atom. The van der Waals surface area contributed by atoms with E-state index in [4.69, 9.17) is 5.73 Å². The highest BCUT2D eigenvalue weighted by Gasteiger charge is 1.94. The summed E-state index contributed by atoms with van der Waals surface area (Å²) in [4.78, 5) is 0. The van der Waals surface area contributed by atoms with Crippen LogP contribution >= 0.6 is 27.7 Å². The first-order chi connectivity index (χ1) is 4.63. The van der Waals surface area contributed by atoms with Crippen molar-refractivity contribution in [3.8, 4) is 0 Å². The van der Waals surface area contributed by atoms with Crippen LogP contribution in [0.5, 0.6) is 0 Å². The molecule has 0 rings (SSSR count). The Kier molecular flexibility index (Phi) is 6.59. The summed E-state index contributed by atoms with van der Waals surface area (Å²) in [5, 5.41) is 0. The molecule has 1 atom stereocenters. The van der Waals surface area contributed by atoms with Gasteiger partial charge in [0.1, 0.15) is 0 Å². The fraction of sp³-hybridized carbons (Fsp3) is 0.714. The molecule has 3 heteroatoms. The lowest BCUT2D eigenvalue weighted by molar-refractivity contribution is 0.721. The Labute approximate surface area is 75.6 Å². The number of hydrogen-bond acceptors (Lipinski definition) is 2. The van der Waals surface area contributed by atoms with E-state index in [2.05, 4.69) is 22.5 Å². The zero-order valence-electron chi connectivity index (χ0n) is 6.27. The third kappa shape index (κ3) is 8.53. The fourth-order valence-electron chi connectivity index (χ4n) is 0.452. The lowest BCUT2D eigenvalue weighted by Gasteiger charge is -2.02. The molecule has 0 spiro atoms. The SMILES string of the molecule is C=C(Br)CSCCC(C)N. The van der Waals surface area contributed by atoms with Crippen molar-refractivity contribution in [3.05, 3.63) is 11.1 Å². The molecule has 0 aromatic carbocycles. The number of hydrogen-bond donors (Lipinski definition) is 1. The lowest BCUT2D eigenvalue weighted by Crippen LogP contribution is -2.15. The predicted molar refractivity (Wildman–Crippen MR) is 53.7 cm³/mol. The first-order valence-corrected chi connectivity index (χ1v) is 5.24. The van der Waals surface area contributed by atoms with Crippen molar-refractivity contribution < 1.29 is 0 Å². The van der Waals surface area contributed by atoms with Crippen LogP contribution in [0.4, 0.5) is 0 Å². The van der Waals surface area contributed by atoms with Gasteiger partial charge in [-0.05, 0) is 23.6 Å². The molecular weight excluding hydrogens is 210 g/mol. The quantitative estimate of drug-likeness (QED) is 0.725. The molecule has 1 nitrogen and oxygen atoms in total. The van der Waals surface area contributed by atoms with Gasteiger partial charge in [-0.1, -0.05) is 22.5 Å². The second kappa shape index (κ2) is 6.25. The van der Waals surface area contributed by atoms with E-state index in [1.54, 1.807) is 0 Å². The smallest absolute Gasteiger partial charge is 0.0244 e. The molecule has 2 N–H and O–H groups in total. The van der Waals surface area contributed by atoms with Gasteiger partial charge in [0.2, 0.25) is 0 Å². The molecular formula is C7H14BrNS. The first-order valence-electron chi connectivity index (χ1n) is 3.29. The molecule has 0 fully saturated rings. The third-order valence-corrected chi connectivity index (χ3v) is 2.70. The molecule has 1 unspecified atom stereocenters. The molecule has 0 aromatic heterocycles. The maximum Gasteiger partial charge on any atom is 0.0244 e. The molecule has 0 saturated carbocycles. The summed E-state index contributed by atoms with van der Waals surface area (Å²) in [6.07, 6.45) is 1.09. The van der Waals surface area contributed by atoms with Crippen molar-refractivity contribution in [1.29, 1.82) is 0 Å². The Morgan fingerprint density at radius 2 is 2.40 bits per heavy atom. The summed E-state index contributed by atoms with van der Waals surface area (Å²) < 4.78 is 1.06. The zero-order chi connectivity index (χ0) is 7.98. The highest BCUT2D eigenvalue weighted by molar-refractivity contribution is 9.11. The van der Waals surface area contributed by atoms with Crippen molar-refractivity contribution in [1.82, 2.24) is 0 Å². The molecule has 0 saturated heterocycles. The number of halogens is 1. The topological polar surface area (TPSA) is 26.0 Å². The van der Waals surface area contributed by atoms with Gasteiger partial charge in [0.15, 0.2) is 0 Å². The largest absolute Gasteiger partial charge is 0.328 e. The normalized spacial score (nSPS) is 13.1. The van der Waals surface area contributed by atoms with Crippen LogP contribution in [-0.2, 0) is 0 Å². The van der Waals surface area contributed by atoms with Gasteiger partial charge in [0.05, 0.1) is 0 Å². The zero-order valence-corrected chi connectivity index (χ0v) is 8.67. The van der Waals surface area contributed by atoms with Crippen LogP contribution in [0, 0.1) is 0 Å². The van der Waals surface area contributed by atoms with Crippen LogP contribution in [0.1, 0.15) is 13.3 Å². The molecule has 0 aliphatic heterocycles. The molecule has 0 aromatic rings. The van der Waals surface area contributed by atoms with Gasteiger partial charge in [0, 0.05) is 11.8 Å². The van der Waals surface area contributed by atoms with Crippen LogP contribution in [0.2, 0.25) is 0 Å². The number of nitrogens with two attached hydrogens (primary N) is 1. The maximum atomic E-state index is 5.56. The maximum absolute atomic E-state index is 5.56. The molecule has 0 aliphatic rings. The predicted octanol–water partition coefficient (Wildman–Crippen LogP) is 2.37. The van der Waals surface area contributed by atoms with Crippen molar-refractivity contribution in [2.45, 2.75) is 19.4 Å². The van der Waals surface area contributed by atoms with E-state index in [0.29, 0.717) is 6.04 Å². The van der Waals surface area contributed by atoms with E-state index < -0.39 is 0 Å². The summed E-state index contributed by atoms with van der Waals surface area (Å²) in [5.41, 5.74) is 5.56. The van der Waals surface area contributed by atoms with Crippen LogP contribution in [0.25, 0.3) is 0 Å². The van der Waals surface area contributed by atoms with E-state index in [1.807, 2.05) is 18.7 Å². The van der Waals surface area contributed by atoms with Crippen LogP contribution in [0.3, 0.4) is 0 Å². The molecule has 0 aliphatic carbocycles. The molecule has 60 valence electrons. The van der Waals surface area contributed by atoms with Crippen molar-refractivity contribution in [2.24, 2.45) is 5.73 Å². The Morgan fingerprint density at radius 3 is 2.80 bits per heavy atom. The third-order valence-electron chi connectivity index (χ3n) is 0.976. The minimum absolute atomic E-state index is 0.330. The van der Waals surface area contributed by atoms with E-state index >= 15 is 0 Å². The highest BCUT2D eigenvalue weighted by Crippen LogP contribution is 2.12. The fourth-order valence-corrected chi connectivity index (χ4v) is 1.84. The van der Waals surface area contributed by atoms with Crippen LogP contribution in [0.15, 0.2) is 11.1 Å². The minimum Gasteiger partial charge on any atom is -0.328 e. The van der Waals surface area contributed by atoms with E-state index in [0.717, 1.165) is 22.4 Å². The second-order valence-electron chi connectivity index (χ2n) is 2.34. The molecule has 0 amide bonds. The molecule has 0 bridgehead atoms. The molecule has 0 heterocycles. The first kappa shape index (κ1) is 10.5. The van der Waals surface area contributed by atoms with Gasteiger partial charge in [0.25, 0.3) is 0 Å². The minimum atomic E-state index is 0.330. The summed E-state index contributed by atoms with van der Waals surface area (Å²) in [6, 6.07) is 0.330. The monoisotopic (exact) mass is 223 g/mol. The van der Waals surface area contributed by atoms with Gasteiger partial charge in [-0.25, -0.2) is 0 Å². The number of rotatable bonds is 5. The van der Waals surface area contributed by atoms with Crippen molar-refractivity contribution in [2.75, 3.05) is 11.5 Å². The van der Waals surface area contributed by atoms with E-state index in [1.165, 1.54) is 0 Å². The van der Waals surface area contributed by atoms with Crippen molar-refractivity contribution in [3.63, 3.8) is 0 Å². The summed E-state index contributed by atoms with van der Waals surface area (Å²) in [7, 11) is 0. The van der Waals surface area contributed by atoms with E-state index in [9.17, 15) is 0 Å². The van der Waals surface area contributed by atoms with Gasteiger partial charge < -0.3 is 5.73 Å². The van der Waals surface area contributed by atoms with Gasteiger partial charge in [-0.2, -0.15) is 11.8 Å². The van der Waals surface area contributed by atoms with Crippen LogP contribution < -0.4 is 5.73 Å². The molecule has 10 heavy (non-hydrogen) atoms. The summed E-state index contributed by atoms with van der Waals surface area (Å²) >= 11 is 5.16. The highest BCUT2D eigenvalue weighted by atomic mass is 79.9. The van der Waals surface area contributed by atoms with Gasteiger partial charge in [-0.3, -0.25) is 0 Å².